The van der Waals surface area contributed by atoms with Crippen LogP contribution in [0.4, 0.5) is 0 Å². The average molecular weight is 227 g/mol. The van der Waals surface area contributed by atoms with Crippen LogP contribution >= 0.6 is 0 Å². The summed E-state index contributed by atoms with van der Waals surface area (Å²) in [6, 6.07) is -0.499. The molecule has 1 aliphatic rings. The highest BCUT2D eigenvalue weighted by Crippen LogP contribution is 2.26. The number of likely N-dealkylation sites (N-methyl/N-ethyl adjacent to an activating group) is 1. The lowest BCUT2D eigenvalue weighted by Crippen LogP contribution is -2.51. The van der Waals surface area contributed by atoms with Crippen LogP contribution in [-0.4, -0.2) is 31.4 Å². The molecule has 1 aliphatic carbocycles. The Kier molecular flexibility index (Phi) is 5.25. The van der Waals surface area contributed by atoms with Crippen LogP contribution in [0.3, 0.4) is 0 Å². The third-order valence-electron chi connectivity index (χ3n) is 3.08. The van der Waals surface area contributed by atoms with Gasteiger partial charge in [0.1, 0.15) is 6.04 Å². The molecule has 92 valence electrons. The van der Waals surface area contributed by atoms with Gasteiger partial charge in [0, 0.05) is 0 Å². The highest BCUT2D eigenvalue weighted by Gasteiger charge is 2.28. The Morgan fingerprint density at radius 3 is 2.44 bits per heavy atom. The summed E-state index contributed by atoms with van der Waals surface area (Å²) in [5.41, 5.74) is 5.34. The Hall–Kier alpha value is -1.10. The van der Waals surface area contributed by atoms with E-state index in [1.165, 1.54) is 6.42 Å². The molecule has 1 rings (SSSR count). The zero-order chi connectivity index (χ0) is 12.0. The fourth-order valence-electron chi connectivity index (χ4n) is 2.27. The van der Waals surface area contributed by atoms with Crippen LogP contribution in [0.5, 0.6) is 0 Å². The molecule has 1 fully saturated rings. The highest BCUT2D eigenvalue weighted by atomic mass is 16.2. The van der Waals surface area contributed by atoms with E-state index in [9.17, 15) is 9.59 Å². The van der Waals surface area contributed by atoms with Gasteiger partial charge in [-0.05, 0) is 25.8 Å². The van der Waals surface area contributed by atoms with Gasteiger partial charge in [-0.15, -0.1) is 0 Å². The second kappa shape index (κ2) is 6.48. The Morgan fingerprint density at radius 1 is 1.31 bits per heavy atom. The van der Waals surface area contributed by atoms with Crippen LogP contribution in [0.25, 0.3) is 0 Å². The van der Waals surface area contributed by atoms with Gasteiger partial charge in [0.2, 0.25) is 11.8 Å². The van der Waals surface area contributed by atoms with E-state index < -0.39 is 11.9 Å². The standard InChI is InChI=1S/C11H21N3O2/c1-13-7-9(15)14-10(11(12)16)8-5-3-2-4-6-8/h8,10,13H,2-7H2,1H3,(H2,12,16)(H,14,15)/t10-/m0/s1. The lowest BCUT2D eigenvalue weighted by Gasteiger charge is -2.28. The Balaban J connectivity index is 2.52. The van der Waals surface area contributed by atoms with E-state index in [0.717, 1.165) is 25.7 Å². The van der Waals surface area contributed by atoms with E-state index >= 15 is 0 Å². The van der Waals surface area contributed by atoms with Crippen LogP contribution in [0.15, 0.2) is 0 Å². The number of nitrogens with one attached hydrogen (secondary N) is 2. The fraction of sp³-hybridized carbons (Fsp3) is 0.818. The molecule has 5 nitrogen and oxygen atoms in total. The minimum Gasteiger partial charge on any atom is -0.368 e. The van der Waals surface area contributed by atoms with Crippen molar-refractivity contribution in [3.8, 4) is 0 Å². The maximum atomic E-state index is 11.4. The molecule has 1 saturated carbocycles. The van der Waals surface area contributed by atoms with Crippen molar-refractivity contribution in [2.24, 2.45) is 11.7 Å². The van der Waals surface area contributed by atoms with Crippen LogP contribution in [0.1, 0.15) is 32.1 Å². The second-order valence-corrected chi connectivity index (χ2v) is 4.38. The molecule has 0 aliphatic heterocycles. The Bertz CT molecular complexity index is 248. The molecular weight excluding hydrogens is 206 g/mol. The van der Waals surface area contributed by atoms with Crippen LogP contribution in [0.2, 0.25) is 0 Å². The summed E-state index contributed by atoms with van der Waals surface area (Å²) < 4.78 is 0. The second-order valence-electron chi connectivity index (χ2n) is 4.38. The van der Waals surface area contributed by atoms with Gasteiger partial charge in [-0.2, -0.15) is 0 Å². The molecule has 0 aromatic rings. The summed E-state index contributed by atoms with van der Waals surface area (Å²) in [7, 11) is 1.69. The van der Waals surface area contributed by atoms with Crippen molar-refractivity contribution in [1.82, 2.24) is 10.6 Å². The summed E-state index contributed by atoms with van der Waals surface area (Å²) >= 11 is 0. The molecular formula is C11H21N3O2. The molecule has 0 saturated heterocycles. The first-order valence-corrected chi connectivity index (χ1v) is 5.88. The first kappa shape index (κ1) is 13.0. The van der Waals surface area contributed by atoms with Gasteiger partial charge in [-0.25, -0.2) is 0 Å². The largest absolute Gasteiger partial charge is 0.368 e. The number of rotatable bonds is 5. The smallest absolute Gasteiger partial charge is 0.240 e. The van der Waals surface area contributed by atoms with Gasteiger partial charge in [-0.3, -0.25) is 9.59 Å². The molecule has 0 bridgehead atoms. The summed E-state index contributed by atoms with van der Waals surface area (Å²) in [4.78, 5) is 22.7. The van der Waals surface area contributed by atoms with Crippen molar-refractivity contribution in [3.63, 3.8) is 0 Å². The average Bonchev–Trinajstić information content (AvgIpc) is 2.27. The molecule has 2 amide bonds. The third-order valence-corrected chi connectivity index (χ3v) is 3.08. The highest BCUT2D eigenvalue weighted by molar-refractivity contribution is 5.87. The number of carbonyl (C=O) groups is 2. The number of hydrogen-bond donors (Lipinski definition) is 3. The van der Waals surface area contributed by atoms with E-state index in [-0.39, 0.29) is 18.4 Å². The van der Waals surface area contributed by atoms with Crippen molar-refractivity contribution < 1.29 is 9.59 Å². The van der Waals surface area contributed by atoms with Crippen molar-refractivity contribution in [2.75, 3.05) is 13.6 Å². The van der Waals surface area contributed by atoms with Crippen molar-refractivity contribution in [3.05, 3.63) is 0 Å². The van der Waals surface area contributed by atoms with Crippen molar-refractivity contribution in [1.29, 1.82) is 0 Å². The summed E-state index contributed by atoms with van der Waals surface area (Å²) in [5, 5.41) is 5.46. The molecule has 0 heterocycles. The maximum absolute atomic E-state index is 11.4. The maximum Gasteiger partial charge on any atom is 0.240 e. The van der Waals surface area contributed by atoms with Crippen LogP contribution in [-0.2, 0) is 9.59 Å². The minimum absolute atomic E-state index is 0.170. The monoisotopic (exact) mass is 227 g/mol. The molecule has 1 atom stereocenters. The molecule has 0 unspecified atom stereocenters. The normalized spacial score (nSPS) is 19.1. The topological polar surface area (TPSA) is 84.2 Å². The van der Waals surface area contributed by atoms with E-state index in [1.807, 2.05) is 0 Å². The predicted octanol–water partition coefficient (Wildman–Crippen LogP) is -0.244. The number of hydrogen-bond acceptors (Lipinski definition) is 3. The number of carbonyl (C=O) groups excluding carboxylic acids is 2. The molecule has 0 radical (unpaired) electrons. The van der Waals surface area contributed by atoms with Crippen LogP contribution < -0.4 is 16.4 Å². The predicted molar refractivity (Wildman–Crippen MR) is 61.6 cm³/mol. The van der Waals surface area contributed by atoms with Gasteiger partial charge in [0.15, 0.2) is 0 Å². The zero-order valence-corrected chi connectivity index (χ0v) is 9.79. The SMILES string of the molecule is CNCC(=O)N[C@H](C(N)=O)C1CCCCC1. The first-order chi connectivity index (χ1) is 7.65. The van der Waals surface area contributed by atoms with E-state index in [4.69, 9.17) is 5.73 Å². The van der Waals surface area contributed by atoms with Crippen molar-refractivity contribution in [2.45, 2.75) is 38.1 Å². The molecule has 4 N–H and O–H groups in total. The Labute approximate surface area is 96.1 Å². The fourth-order valence-corrected chi connectivity index (χ4v) is 2.27. The van der Waals surface area contributed by atoms with Gasteiger partial charge in [0.05, 0.1) is 6.54 Å². The van der Waals surface area contributed by atoms with Gasteiger partial charge < -0.3 is 16.4 Å². The lowest BCUT2D eigenvalue weighted by molar-refractivity contribution is -0.128. The Morgan fingerprint density at radius 2 is 1.94 bits per heavy atom. The molecule has 5 heteroatoms. The van der Waals surface area contributed by atoms with Crippen molar-refractivity contribution >= 4 is 11.8 Å². The number of primary amides is 1. The van der Waals surface area contributed by atoms with Gasteiger partial charge >= 0.3 is 0 Å². The molecule has 0 aromatic carbocycles. The van der Waals surface area contributed by atoms with Gasteiger partial charge in [0.25, 0.3) is 0 Å². The first-order valence-electron chi connectivity index (χ1n) is 5.88. The molecule has 16 heavy (non-hydrogen) atoms. The minimum atomic E-state index is -0.499. The zero-order valence-electron chi connectivity index (χ0n) is 9.79. The molecule has 0 aromatic heterocycles. The molecule has 0 spiro atoms. The summed E-state index contributed by atoms with van der Waals surface area (Å²) in [6.45, 7) is 0.219. The number of nitrogens with two attached hydrogens (primary N) is 1. The van der Waals surface area contributed by atoms with E-state index in [1.54, 1.807) is 7.05 Å². The van der Waals surface area contributed by atoms with E-state index in [0.29, 0.717) is 0 Å². The van der Waals surface area contributed by atoms with E-state index in [2.05, 4.69) is 10.6 Å². The quantitative estimate of drug-likeness (QED) is 0.606. The number of amides is 2. The summed E-state index contributed by atoms with van der Waals surface area (Å²) in [5.74, 6) is -0.375. The van der Waals surface area contributed by atoms with Gasteiger partial charge in [-0.1, -0.05) is 19.3 Å². The third kappa shape index (κ3) is 3.81. The lowest BCUT2D eigenvalue weighted by atomic mass is 9.83. The van der Waals surface area contributed by atoms with Crippen LogP contribution in [0, 0.1) is 5.92 Å². The summed E-state index contributed by atoms with van der Waals surface area (Å²) in [6.07, 6.45) is 5.42.